The largest absolute Gasteiger partial charge is 0.396 e. The summed E-state index contributed by atoms with van der Waals surface area (Å²) in [5.41, 5.74) is 7.18. The molecular weight excluding hydrogens is 288 g/mol. The summed E-state index contributed by atoms with van der Waals surface area (Å²) in [5, 5.41) is 9.06. The summed E-state index contributed by atoms with van der Waals surface area (Å²) in [6, 6.07) is 5.35. The molecule has 0 radical (unpaired) electrons. The predicted molar refractivity (Wildman–Crippen MR) is 82.3 cm³/mol. The van der Waals surface area contributed by atoms with Gasteiger partial charge in [-0.05, 0) is 49.3 Å². The highest BCUT2D eigenvalue weighted by molar-refractivity contribution is 7.89. The van der Waals surface area contributed by atoms with Crippen LogP contribution in [0.4, 0.5) is 0 Å². The molecule has 1 saturated heterocycles. The topological polar surface area (TPSA) is 83.6 Å². The van der Waals surface area contributed by atoms with Crippen LogP contribution >= 0.6 is 0 Å². The molecule has 0 amide bonds. The molecule has 0 aliphatic carbocycles. The normalized spacial score (nSPS) is 20.6. The molecule has 0 aromatic heterocycles. The van der Waals surface area contributed by atoms with Gasteiger partial charge < -0.3 is 10.8 Å². The Labute approximate surface area is 126 Å². The van der Waals surface area contributed by atoms with Gasteiger partial charge in [-0.1, -0.05) is 12.1 Å². The molecule has 0 spiro atoms. The Morgan fingerprint density at radius 3 is 2.86 bits per heavy atom. The lowest BCUT2D eigenvalue weighted by atomic mass is 9.97. The second-order valence-electron chi connectivity index (χ2n) is 5.69. The Balaban J connectivity index is 2.29. The molecule has 0 bridgehead atoms. The van der Waals surface area contributed by atoms with Gasteiger partial charge in [0.25, 0.3) is 0 Å². The summed E-state index contributed by atoms with van der Waals surface area (Å²) in [6.07, 6.45) is 2.49. The fourth-order valence-corrected chi connectivity index (χ4v) is 4.68. The van der Waals surface area contributed by atoms with Gasteiger partial charge in [0, 0.05) is 26.2 Å². The number of nitrogens with two attached hydrogens (primary N) is 1. The summed E-state index contributed by atoms with van der Waals surface area (Å²) in [5.74, 6) is 0.247. The van der Waals surface area contributed by atoms with Crippen molar-refractivity contribution in [3.63, 3.8) is 0 Å². The highest BCUT2D eigenvalue weighted by atomic mass is 32.2. The molecule has 1 aromatic carbocycles. The average Bonchev–Trinajstić information content (AvgIpc) is 2.48. The van der Waals surface area contributed by atoms with Crippen LogP contribution in [0.25, 0.3) is 0 Å². The number of benzene rings is 1. The third-order valence-corrected chi connectivity index (χ3v) is 6.13. The van der Waals surface area contributed by atoms with E-state index in [2.05, 4.69) is 0 Å². The number of rotatable bonds is 5. The summed E-state index contributed by atoms with van der Waals surface area (Å²) < 4.78 is 27.3. The van der Waals surface area contributed by atoms with Gasteiger partial charge in [-0.25, -0.2) is 8.42 Å². The van der Waals surface area contributed by atoms with Gasteiger partial charge in [0.1, 0.15) is 0 Å². The number of nitrogens with zero attached hydrogens (tertiary/aromatic N) is 1. The van der Waals surface area contributed by atoms with Gasteiger partial charge in [0.05, 0.1) is 4.90 Å². The zero-order chi connectivity index (χ0) is 15.5. The van der Waals surface area contributed by atoms with Crippen molar-refractivity contribution in [2.75, 3.05) is 19.7 Å². The van der Waals surface area contributed by atoms with E-state index in [4.69, 9.17) is 10.8 Å². The van der Waals surface area contributed by atoms with Crippen molar-refractivity contribution in [1.82, 2.24) is 4.31 Å². The number of sulfonamides is 1. The zero-order valence-corrected chi connectivity index (χ0v) is 13.3. The zero-order valence-electron chi connectivity index (χ0n) is 12.5. The van der Waals surface area contributed by atoms with Gasteiger partial charge in [0.2, 0.25) is 10.0 Å². The van der Waals surface area contributed by atoms with E-state index in [1.54, 1.807) is 10.4 Å². The monoisotopic (exact) mass is 312 g/mol. The average molecular weight is 312 g/mol. The van der Waals surface area contributed by atoms with Crippen LogP contribution in [0.1, 0.15) is 30.4 Å². The Hall–Kier alpha value is -0.950. The van der Waals surface area contributed by atoms with Crippen LogP contribution < -0.4 is 5.73 Å². The lowest BCUT2D eigenvalue weighted by molar-refractivity contribution is 0.203. The third-order valence-electron chi connectivity index (χ3n) is 4.13. The molecule has 1 fully saturated rings. The summed E-state index contributed by atoms with van der Waals surface area (Å²) in [6.45, 7) is 3.30. The Kier molecular flexibility index (Phi) is 5.37. The van der Waals surface area contributed by atoms with Crippen molar-refractivity contribution < 1.29 is 13.5 Å². The molecule has 2 rings (SSSR count). The Morgan fingerprint density at radius 1 is 1.43 bits per heavy atom. The summed E-state index contributed by atoms with van der Waals surface area (Å²) in [7, 11) is -3.48. The second kappa shape index (κ2) is 6.87. The molecular formula is C15H24N2O3S. The molecule has 118 valence electrons. The highest BCUT2D eigenvalue weighted by Gasteiger charge is 2.31. The van der Waals surface area contributed by atoms with Crippen LogP contribution in [0.15, 0.2) is 23.1 Å². The van der Waals surface area contributed by atoms with Crippen LogP contribution in [0.2, 0.25) is 0 Å². The maximum absolute atomic E-state index is 12.8. The minimum atomic E-state index is -3.48. The summed E-state index contributed by atoms with van der Waals surface area (Å²) >= 11 is 0. The molecule has 1 aromatic rings. The summed E-state index contributed by atoms with van der Waals surface area (Å²) in [4.78, 5) is 0.357. The van der Waals surface area contributed by atoms with Crippen molar-refractivity contribution in [2.24, 2.45) is 11.7 Å². The van der Waals surface area contributed by atoms with E-state index in [1.165, 1.54) is 0 Å². The van der Waals surface area contributed by atoms with Gasteiger partial charge in [-0.2, -0.15) is 4.31 Å². The van der Waals surface area contributed by atoms with Gasteiger partial charge in [0.15, 0.2) is 0 Å². The number of aryl methyl sites for hydroxylation is 1. The van der Waals surface area contributed by atoms with E-state index in [0.717, 1.165) is 24.0 Å². The van der Waals surface area contributed by atoms with Crippen LogP contribution in [-0.2, 0) is 16.6 Å². The maximum Gasteiger partial charge on any atom is 0.243 e. The van der Waals surface area contributed by atoms with Gasteiger partial charge >= 0.3 is 0 Å². The Bertz CT molecular complexity index is 585. The van der Waals surface area contributed by atoms with Crippen LogP contribution in [0, 0.1) is 12.8 Å². The quantitative estimate of drug-likeness (QED) is 0.857. The van der Waals surface area contributed by atoms with Crippen molar-refractivity contribution in [3.8, 4) is 0 Å². The maximum atomic E-state index is 12.8. The van der Waals surface area contributed by atoms with Gasteiger partial charge in [-0.3, -0.25) is 0 Å². The lowest BCUT2D eigenvalue weighted by Crippen LogP contribution is -2.40. The first-order chi connectivity index (χ1) is 9.98. The van der Waals surface area contributed by atoms with Crippen molar-refractivity contribution in [3.05, 3.63) is 29.3 Å². The van der Waals surface area contributed by atoms with E-state index in [9.17, 15) is 8.42 Å². The van der Waals surface area contributed by atoms with E-state index in [0.29, 0.717) is 31.0 Å². The minimum absolute atomic E-state index is 0.111. The molecule has 1 unspecified atom stereocenters. The number of aliphatic hydroxyl groups is 1. The minimum Gasteiger partial charge on any atom is -0.396 e. The molecule has 1 aliphatic heterocycles. The molecule has 6 heteroatoms. The standard InChI is InChI=1S/C15H24N2O3S/c1-12-4-5-14(10-16)9-15(12)21(19,20)17-7-2-3-13(11-17)6-8-18/h4-5,9,13,18H,2-3,6-8,10-11,16H2,1H3. The molecule has 1 heterocycles. The first-order valence-corrected chi connectivity index (χ1v) is 8.83. The van der Waals surface area contributed by atoms with Gasteiger partial charge in [-0.15, -0.1) is 0 Å². The second-order valence-corrected chi connectivity index (χ2v) is 7.59. The van der Waals surface area contributed by atoms with E-state index < -0.39 is 10.0 Å². The van der Waals surface area contributed by atoms with Crippen LogP contribution in [-0.4, -0.2) is 37.5 Å². The van der Waals surface area contributed by atoms with Crippen molar-refractivity contribution in [1.29, 1.82) is 0 Å². The number of aliphatic hydroxyl groups excluding tert-OH is 1. The molecule has 1 aliphatic rings. The van der Waals surface area contributed by atoms with E-state index in [1.807, 2.05) is 19.1 Å². The predicted octanol–water partition coefficient (Wildman–Crippen LogP) is 1.24. The third kappa shape index (κ3) is 3.63. The SMILES string of the molecule is Cc1ccc(CN)cc1S(=O)(=O)N1CCCC(CCO)C1. The molecule has 1 atom stereocenters. The number of piperidine rings is 1. The van der Waals surface area contributed by atoms with Crippen molar-refractivity contribution in [2.45, 2.75) is 37.6 Å². The Morgan fingerprint density at radius 2 is 2.19 bits per heavy atom. The fourth-order valence-electron chi connectivity index (χ4n) is 2.85. The molecule has 0 saturated carbocycles. The smallest absolute Gasteiger partial charge is 0.243 e. The molecule has 5 nitrogen and oxygen atoms in total. The first kappa shape index (κ1) is 16.4. The number of hydrogen-bond donors (Lipinski definition) is 2. The number of hydrogen-bond acceptors (Lipinski definition) is 4. The van der Waals surface area contributed by atoms with E-state index in [-0.39, 0.29) is 12.5 Å². The lowest BCUT2D eigenvalue weighted by Gasteiger charge is -2.32. The van der Waals surface area contributed by atoms with E-state index >= 15 is 0 Å². The molecule has 3 N–H and O–H groups in total. The van der Waals surface area contributed by atoms with Crippen molar-refractivity contribution >= 4 is 10.0 Å². The first-order valence-electron chi connectivity index (χ1n) is 7.39. The molecule has 21 heavy (non-hydrogen) atoms. The fraction of sp³-hybridized carbons (Fsp3) is 0.600. The van der Waals surface area contributed by atoms with Crippen LogP contribution in [0.5, 0.6) is 0 Å². The van der Waals surface area contributed by atoms with Crippen LogP contribution in [0.3, 0.4) is 0 Å². The highest BCUT2D eigenvalue weighted by Crippen LogP contribution is 2.27.